The van der Waals surface area contributed by atoms with E-state index in [1.807, 2.05) is 18.2 Å². The van der Waals surface area contributed by atoms with E-state index < -0.39 is 11.5 Å². The fourth-order valence-electron chi connectivity index (χ4n) is 4.01. The second-order valence-corrected chi connectivity index (χ2v) is 7.89. The number of hydrogen-bond acceptors (Lipinski definition) is 4. The van der Waals surface area contributed by atoms with E-state index in [1.165, 1.54) is 5.56 Å². The Morgan fingerprint density at radius 2 is 1.90 bits per heavy atom. The third kappa shape index (κ3) is 5.51. The van der Waals surface area contributed by atoms with E-state index in [0.29, 0.717) is 13.2 Å². The van der Waals surface area contributed by atoms with E-state index in [4.69, 9.17) is 9.47 Å². The zero-order valence-electron chi connectivity index (χ0n) is 17.4. The van der Waals surface area contributed by atoms with Crippen molar-refractivity contribution in [2.75, 3.05) is 13.7 Å². The van der Waals surface area contributed by atoms with E-state index in [2.05, 4.69) is 36.5 Å². The second-order valence-electron chi connectivity index (χ2n) is 7.89. The molecule has 0 unspecified atom stereocenters. The first-order chi connectivity index (χ1) is 14.0. The molecule has 0 bridgehead atoms. The van der Waals surface area contributed by atoms with Crippen molar-refractivity contribution >= 4 is 5.97 Å². The lowest BCUT2D eigenvalue weighted by molar-refractivity contribution is -0.144. The van der Waals surface area contributed by atoms with Crippen molar-refractivity contribution in [2.24, 2.45) is 0 Å². The third-order valence-corrected chi connectivity index (χ3v) is 5.68. The van der Waals surface area contributed by atoms with Crippen LogP contribution in [0.1, 0.15) is 48.8 Å². The predicted molar refractivity (Wildman–Crippen MR) is 114 cm³/mol. The highest BCUT2D eigenvalue weighted by molar-refractivity contribution is 5.79. The van der Waals surface area contributed by atoms with Crippen molar-refractivity contribution in [3.8, 4) is 11.5 Å². The number of hydrogen-bond donors (Lipinski definition) is 2. The second kappa shape index (κ2) is 9.79. The van der Waals surface area contributed by atoms with Gasteiger partial charge in [0.1, 0.15) is 12.1 Å². The first-order valence-electron chi connectivity index (χ1n) is 10.4. The zero-order valence-corrected chi connectivity index (χ0v) is 17.4. The van der Waals surface area contributed by atoms with E-state index in [9.17, 15) is 9.90 Å². The topological polar surface area (TPSA) is 67.8 Å². The highest BCUT2D eigenvalue weighted by atomic mass is 16.5. The molecule has 3 rings (SSSR count). The maximum Gasteiger partial charge on any atom is 0.323 e. The Labute approximate surface area is 173 Å². The lowest BCUT2D eigenvalue weighted by Crippen LogP contribution is -2.50. The number of nitrogens with one attached hydrogen (secondary N) is 1. The molecule has 1 fully saturated rings. The van der Waals surface area contributed by atoms with Gasteiger partial charge in [0.05, 0.1) is 7.11 Å². The molecule has 1 saturated carbocycles. The Kier molecular flexibility index (Phi) is 7.15. The lowest BCUT2D eigenvalue weighted by atomic mass is 9.97. The highest BCUT2D eigenvalue weighted by Gasteiger charge is 2.40. The molecule has 0 amide bonds. The van der Waals surface area contributed by atoms with Gasteiger partial charge in [-0.25, -0.2) is 0 Å². The van der Waals surface area contributed by atoms with Crippen molar-refractivity contribution in [3.63, 3.8) is 0 Å². The molecule has 0 saturated heterocycles. The van der Waals surface area contributed by atoms with Crippen LogP contribution < -0.4 is 14.8 Å². The Balaban J connectivity index is 1.52. The van der Waals surface area contributed by atoms with Crippen LogP contribution in [0.3, 0.4) is 0 Å². The van der Waals surface area contributed by atoms with E-state index in [1.54, 1.807) is 7.11 Å². The van der Waals surface area contributed by atoms with Gasteiger partial charge in [0, 0.05) is 0 Å². The molecule has 2 aromatic rings. The summed E-state index contributed by atoms with van der Waals surface area (Å²) < 4.78 is 11.5. The molecule has 0 aromatic heterocycles. The van der Waals surface area contributed by atoms with E-state index in [0.717, 1.165) is 61.2 Å². The summed E-state index contributed by atoms with van der Waals surface area (Å²) in [4.78, 5) is 11.6. The molecule has 2 aromatic carbocycles. The van der Waals surface area contributed by atoms with Crippen LogP contribution in [0.2, 0.25) is 0 Å². The van der Waals surface area contributed by atoms with Gasteiger partial charge in [0.25, 0.3) is 0 Å². The molecule has 156 valence electrons. The number of aryl methyl sites for hydroxylation is 2. The molecule has 0 spiro atoms. The summed E-state index contributed by atoms with van der Waals surface area (Å²) in [5.74, 6) is 0.736. The molecule has 2 N–H and O–H groups in total. The van der Waals surface area contributed by atoms with Gasteiger partial charge >= 0.3 is 5.97 Å². The van der Waals surface area contributed by atoms with E-state index >= 15 is 0 Å². The summed E-state index contributed by atoms with van der Waals surface area (Å²) in [6.07, 6.45) is 5.16. The minimum Gasteiger partial charge on any atom is -0.493 e. The first kappa shape index (κ1) is 21.2. The van der Waals surface area contributed by atoms with Gasteiger partial charge in [-0.15, -0.1) is 0 Å². The smallest absolute Gasteiger partial charge is 0.323 e. The molecule has 1 aliphatic rings. The highest BCUT2D eigenvalue weighted by Crippen LogP contribution is 2.31. The van der Waals surface area contributed by atoms with Crippen LogP contribution in [0.25, 0.3) is 0 Å². The Morgan fingerprint density at radius 1 is 1.10 bits per heavy atom. The number of aliphatic carboxylic acids is 1. The number of rotatable bonds is 10. The molecule has 5 nitrogen and oxygen atoms in total. The molecule has 0 radical (unpaired) electrons. The SMILES string of the molecule is COc1cc(CCCNC2(C(=O)O)CCCC2)ccc1OCc1cccc(C)c1. The minimum atomic E-state index is -0.717. The molecular weight excluding hydrogens is 366 g/mol. The molecule has 5 heteroatoms. The maximum atomic E-state index is 11.6. The van der Waals surface area contributed by atoms with Crippen LogP contribution in [0.5, 0.6) is 11.5 Å². The Bertz CT molecular complexity index is 827. The molecule has 0 aliphatic heterocycles. The van der Waals surface area contributed by atoms with Crippen molar-refractivity contribution in [1.82, 2.24) is 5.32 Å². The fraction of sp³-hybridized carbons (Fsp3) is 0.458. The summed E-state index contributed by atoms with van der Waals surface area (Å²) >= 11 is 0. The normalized spacial score (nSPS) is 15.2. The Morgan fingerprint density at radius 3 is 2.59 bits per heavy atom. The first-order valence-corrected chi connectivity index (χ1v) is 10.4. The van der Waals surface area contributed by atoms with Crippen LogP contribution in [-0.4, -0.2) is 30.3 Å². The Hall–Kier alpha value is -2.53. The third-order valence-electron chi connectivity index (χ3n) is 5.68. The van der Waals surface area contributed by atoms with Gasteiger partial charge in [-0.05, 0) is 62.4 Å². The molecule has 0 heterocycles. The molecule has 0 atom stereocenters. The van der Waals surface area contributed by atoms with Gasteiger partial charge in [0.2, 0.25) is 0 Å². The summed E-state index contributed by atoms with van der Waals surface area (Å²) in [6.45, 7) is 3.26. The van der Waals surface area contributed by atoms with Crippen molar-refractivity contribution in [3.05, 3.63) is 59.2 Å². The average molecular weight is 398 g/mol. The van der Waals surface area contributed by atoms with Crippen LogP contribution >= 0.6 is 0 Å². The minimum absolute atomic E-state index is 0.499. The van der Waals surface area contributed by atoms with Crippen LogP contribution in [0, 0.1) is 6.92 Å². The standard InChI is InChI=1S/C24H31NO4/c1-18-7-5-8-20(15-18)17-29-21-11-10-19(16-22(21)28-2)9-6-14-25-24(23(26)27)12-3-4-13-24/h5,7-8,10-11,15-16,25H,3-4,6,9,12-14,17H2,1-2H3,(H,26,27). The number of methoxy groups -OCH3 is 1. The lowest BCUT2D eigenvalue weighted by Gasteiger charge is -2.25. The largest absolute Gasteiger partial charge is 0.493 e. The zero-order chi connectivity index (χ0) is 20.7. The summed E-state index contributed by atoms with van der Waals surface area (Å²) in [6, 6.07) is 14.3. The van der Waals surface area contributed by atoms with Crippen LogP contribution in [-0.2, 0) is 17.8 Å². The number of carbonyl (C=O) groups is 1. The summed E-state index contributed by atoms with van der Waals surface area (Å²) in [5, 5.41) is 12.8. The van der Waals surface area contributed by atoms with Gasteiger partial charge in [-0.1, -0.05) is 48.7 Å². The van der Waals surface area contributed by atoms with Crippen molar-refractivity contribution < 1.29 is 19.4 Å². The average Bonchev–Trinajstić information content (AvgIpc) is 3.20. The van der Waals surface area contributed by atoms with Crippen LogP contribution in [0.15, 0.2) is 42.5 Å². The summed E-state index contributed by atoms with van der Waals surface area (Å²) in [5.41, 5.74) is 2.78. The monoisotopic (exact) mass is 397 g/mol. The maximum absolute atomic E-state index is 11.6. The fourth-order valence-corrected chi connectivity index (χ4v) is 4.01. The van der Waals surface area contributed by atoms with Gasteiger partial charge < -0.3 is 19.9 Å². The number of ether oxygens (including phenoxy) is 2. The van der Waals surface area contributed by atoms with Gasteiger partial charge in [-0.3, -0.25) is 4.79 Å². The van der Waals surface area contributed by atoms with E-state index in [-0.39, 0.29) is 0 Å². The molecular formula is C24H31NO4. The van der Waals surface area contributed by atoms with Crippen molar-refractivity contribution in [2.45, 2.75) is 57.6 Å². The predicted octanol–water partition coefficient (Wildman–Crippen LogP) is 4.50. The quantitative estimate of drug-likeness (QED) is 0.578. The molecule has 1 aliphatic carbocycles. The number of benzene rings is 2. The van der Waals surface area contributed by atoms with Crippen molar-refractivity contribution in [1.29, 1.82) is 0 Å². The number of carboxylic acid groups (broad SMARTS) is 1. The summed E-state index contributed by atoms with van der Waals surface area (Å²) in [7, 11) is 1.65. The van der Waals surface area contributed by atoms with Crippen LogP contribution in [0.4, 0.5) is 0 Å². The van der Waals surface area contributed by atoms with Gasteiger partial charge in [0.15, 0.2) is 11.5 Å². The molecule has 29 heavy (non-hydrogen) atoms. The number of carboxylic acids is 1. The van der Waals surface area contributed by atoms with Gasteiger partial charge in [-0.2, -0.15) is 0 Å².